The number of nitrogen functional groups attached to an aromatic ring is 1. The van der Waals surface area contributed by atoms with E-state index in [1.165, 1.54) is 0 Å². The average molecular weight is 264 g/mol. The monoisotopic (exact) mass is 264 g/mol. The van der Waals surface area contributed by atoms with Crippen LogP contribution in [-0.2, 0) is 4.74 Å². The molecule has 1 aromatic heterocycles. The molecule has 2 heterocycles. The molecule has 1 saturated heterocycles. The third-order valence-corrected chi connectivity index (χ3v) is 3.57. The number of ether oxygens (including phenoxy) is 1. The van der Waals surface area contributed by atoms with Gasteiger partial charge in [0.05, 0.1) is 6.10 Å². The SMILES string of the molecule is CCC1OCCC1CNc1cc(N)nc(C(C)C)n1. The van der Waals surface area contributed by atoms with Gasteiger partial charge in [-0.3, -0.25) is 0 Å². The second-order valence-corrected chi connectivity index (χ2v) is 5.44. The molecule has 1 aromatic rings. The lowest BCUT2D eigenvalue weighted by molar-refractivity contribution is 0.0900. The Balaban J connectivity index is 1.99. The molecule has 0 bridgehead atoms. The van der Waals surface area contributed by atoms with Crippen LogP contribution in [-0.4, -0.2) is 29.2 Å². The molecule has 5 nitrogen and oxygen atoms in total. The molecule has 5 heteroatoms. The van der Waals surface area contributed by atoms with Crippen LogP contribution in [0.15, 0.2) is 6.07 Å². The number of nitrogens with two attached hydrogens (primary N) is 1. The largest absolute Gasteiger partial charge is 0.384 e. The molecule has 0 aliphatic carbocycles. The van der Waals surface area contributed by atoms with Crippen LogP contribution in [0.5, 0.6) is 0 Å². The Hall–Kier alpha value is -1.36. The second kappa shape index (κ2) is 6.19. The highest BCUT2D eigenvalue weighted by atomic mass is 16.5. The maximum atomic E-state index is 5.82. The minimum absolute atomic E-state index is 0.280. The highest BCUT2D eigenvalue weighted by molar-refractivity contribution is 5.45. The van der Waals surface area contributed by atoms with Crippen molar-refractivity contribution in [2.45, 2.75) is 45.6 Å². The van der Waals surface area contributed by atoms with Crippen molar-refractivity contribution >= 4 is 11.6 Å². The van der Waals surface area contributed by atoms with Gasteiger partial charge in [0.15, 0.2) is 0 Å². The predicted molar refractivity (Wildman–Crippen MR) is 77.2 cm³/mol. The summed E-state index contributed by atoms with van der Waals surface area (Å²) in [5.74, 6) is 2.97. The maximum Gasteiger partial charge on any atom is 0.135 e. The van der Waals surface area contributed by atoms with Gasteiger partial charge in [0.1, 0.15) is 17.5 Å². The van der Waals surface area contributed by atoms with Crippen molar-refractivity contribution in [1.82, 2.24) is 9.97 Å². The molecule has 19 heavy (non-hydrogen) atoms. The van der Waals surface area contributed by atoms with Gasteiger partial charge in [-0.1, -0.05) is 20.8 Å². The summed E-state index contributed by atoms with van der Waals surface area (Å²) in [6.45, 7) is 8.05. The van der Waals surface area contributed by atoms with Crippen LogP contribution in [0.2, 0.25) is 0 Å². The fourth-order valence-corrected chi connectivity index (χ4v) is 2.45. The van der Waals surface area contributed by atoms with Crippen molar-refractivity contribution in [2.75, 3.05) is 24.2 Å². The Labute approximate surface area is 115 Å². The van der Waals surface area contributed by atoms with Gasteiger partial charge in [-0.2, -0.15) is 0 Å². The zero-order valence-corrected chi connectivity index (χ0v) is 12.0. The first-order valence-corrected chi connectivity index (χ1v) is 7.10. The molecule has 2 unspecified atom stereocenters. The normalized spacial score (nSPS) is 22.9. The first-order chi connectivity index (χ1) is 9.10. The van der Waals surface area contributed by atoms with E-state index in [2.05, 4.69) is 36.1 Å². The van der Waals surface area contributed by atoms with E-state index in [9.17, 15) is 0 Å². The van der Waals surface area contributed by atoms with Crippen molar-refractivity contribution in [2.24, 2.45) is 5.92 Å². The molecular weight excluding hydrogens is 240 g/mol. The van der Waals surface area contributed by atoms with Crippen molar-refractivity contribution in [1.29, 1.82) is 0 Å². The molecular formula is C14H24N4O. The lowest BCUT2D eigenvalue weighted by atomic mass is 10.00. The second-order valence-electron chi connectivity index (χ2n) is 5.44. The van der Waals surface area contributed by atoms with Gasteiger partial charge in [0.2, 0.25) is 0 Å². The van der Waals surface area contributed by atoms with E-state index >= 15 is 0 Å². The Morgan fingerprint density at radius 3 is 2.95 bits per heavy atom. The smallest absolute Gasteiger partial charge is 0.135 e. The molecule has 0 radical (unpaired) electrons. The van der Waals surface area contributed by atoms with Gasteiger partial charge < -0.3 is 15.8 Å². The topological polar surface area (TPSA) is 73.1 Å². The summed E-state index contributed by atoms with van der Waals surface area (Å²) in [6, 6.07) is 1.79. The Morgan fingerprint density at radius 1 is 1.47 bits per heavy atom. The summed E-state index contributed by atoms with van der Waals surface area (Å²) in [5, 5.41) is 3.38. The Morgan fingerprint density at radius 2 is 2.26 bits per heavy atom. The quantitative estimate of drug-likeness (QED) is 0.854. The van der Waals surface area contributed by atoms with Crippen LogP contribution in [0.25, 0.3) is 0 Å². The average Bonchev–Trinajstić information content (AvgIpc) is 2.83. The van der Waals surface area contributed by atoms with Crippen LogP contribution in [0.4, 0.5) is 11.6 Å². The highest BCUT2D eigenvalue weighted by Crippen LogP contribution is 2.24. The van der Waals surface area contributed by atoms with E-state index in [4.69, 9.17) is 10.5 Å². The molecule has 0 aromatic carbocycles. The van der Waals surface area contributed by atoms with Crippen LogP contribution < -0.4 is 11.1 Å². The lowest BCUT2D eigenvalue weighted by Gasteiger charge is -2.18. The van der Waals surface area contributed by atoms with E-state index in [-0.39, 0.29) is 5.92 Å². The van der Waals surface area contributed by atoms with Gasteiger partial charge in [-0.25, -0.2) is 9.97 Å². The zero-order valence-electron chi connectivity index (χ0n) is 12.0. The molecule has 2 rings (SSSR count). The number of hydrogen-bond donors (Lipinski definition) is 2. The summed E-state index contributed by atoms with van der Waals surface area (Å²) in [5.41, 5.74) is 5.82. The molecule has 0 saturated carbocycles. The maximum absolute atomic E-state index is 5.82. The third kappa shape index (κ3) is 3.56. The first kappa shape index (κ1) is 14.1. The van der Waals surface area contributed by atoms with Gasteiger partial charge in [-0.05, 0) is 12.8 Å². The Bertz CT molecular complexity index is 422. The molecule has 0 amide bonds. The van der Waals surface area contributed by atoms with Crippen LogP contribution in [0.3, 0.4) is 0 Å². The van der Waals surface area contributed by atoms with Gasteiger partial charge in [0, 0.05) is 31.1 Å². The summed E-state index contributed by atoms with van der Waals surface area (Å²) in [7, 11) is 0. The molecule has 2 atom stereocenters. The Kier molecular flexibility index (Phi) is 4.58. The van der Waals surface area contributed by atoms with E-state index in [1.807, 2.05) is 0 Å². The number of hydrogen-bond acceptors (Lipinski definition) is 5. The molecule has 1 aliphatic heterocycles. The van der Waals surface area contributed by atoms with Crippen molar-refractivity contribution in [3.05, 3.63) is 11.9 Å². The van der Waals surface area contributed by atoms with Crippen LogP contribution in [0, 0.1) is 5.92 Å². The number of rotatable bonds is 5. The molecule has 3 N–H and O–H groups in total. The van der Waals surface area contributed by atoms with Crippen LogP contribution in [0.1, 0.15) is 45.4 Å². The minimum Gasteiger partial charge on any atom is -0.384 e. The lowest BCUT2D eigenvalue weighted by Crippen LogP contribution is -2.23. The summed E-state index contributed by atoms with van der Waals surface area (Å²) in [4.78, 5) is 8.75. The fourth-order valence-electron chi connectivity index (χ4n) is 2.45. The molecule has 106 valence electrons. The van der Waals surface area contributed by atoms with Gasteiger partial charge in [-0.15, -0.1) is 0 Å². The summed E-state index contributed by atoms with van der Waals surface area (Å²) in [6.07, 6.45) is 2.55. The predicted octanol–water partition coefficient (Wildman–Crippen LogP) is 2.41. The van der Waals surface area contributed by atoms with E-state index in [0.29, 0.717) is 17.8 Å². The first-order valence-electron chi connectivity index (χ1n) is 7.10. The molecule has 1 fully saturated rings. The van der Waals surface area contributed by atoms with Crippen molar-refractivity contribution < 1.29 is 4.74 Å². The van der Waals surface area contributed by atoms with Gasteiger partial charge in [0.25, 0.3) is 0 Å². The standard InChI is InChI=1S/C14H24N4O/c1-4-11-10(5-6-19-11)8-16-13-7-12(15)17-14(18-13)9(2)3/h7,9-11H,4-6,8H2,1-3H3,(H3,15,16,17,18). The number of aromatic nitrogens is 2. The molecule has 0 spiro atoms. The zero-order chi connectivity index (χ0) is 13.8. The van der Waals surface area contributed by atoms with Gasteiger partial charge >= 0.3 is 0 Å². The minimum atomic E-state index is 0.280. The van der Waals surface area contributed by atoms with E-state index in [0.717, 1.165) is 37.6 Å². The van der Waals surface area contributed by atoms with Crippen molar-refractivity contribution in [3.8, 4) is 0 Å². The highest BCUT2D eigenvalue weighted by Gasteiger charge is 2.26. The molecule has 1 aliphatic rings. The fraction of sp³-hybridized carbons (Fsp3) is 0.714. The number of nitrogens with one attached hydrogen (secondary N) is 1. The summed E-state index contributed by atoms with van der Waals surface area (Å²) >= 11 is 0. The van der Waals surface area contributed by atoms with E-state index < -0.39 is 0 Å². The van der Waals surface area contributed by atoms with E-state index in [1.54, 1.807) is 6.07 Å². The van der Waals surface area contributed by atoms with Crippen LogP contribution >= 0.6 is 0 Å². The summed E-state index contributed by atoms with van der Waals surface area (Å²) < 4.78 is 5.69. The third-order valence-electron chi connectivity index (χ3n) is 3.57. The number of anilines is 2. The number of nitrogens with zero attached hydrogens (tertiary/aromatic N) is 2. The van der Waals surface area contributed by atoms with Crippen molar-refractivity contribution in [3.63, 3.8) is 0 Å².